The van der Waals surface area contributed by atoms with E-state index in [1.165, 1.54) is 0 Å². The third-order valence-electron chi connectivity index (χ3n) is 2.63. The van der Waals surface area contributed by atoms with E-state index in [9.17, 15) is 4.89 Å². The molecule has 0 aliphatic rings. The van der Waals surface area contributed by atoms with E-state index in [0.29, 0.717) is 0 Å². The minimum absolute atomic E-state index is 0.789. The molecule has 0 aliphatic heterocycles. The zero-order valence-corrected chi connectivity index (χ0v) is 11.2. The predicted octanol–water partition coefficient (Wildman–Crippen LogP) is 2.04. The van der Waals surface area contributed by atoms with Crippen molar-refractivity contribution in [2.24, 2.45) is 0 Å². The molecule has 4 heteroatoms. The molecule has 0 aliphatic carbocycles. The molecule has 3 nitrogen and oxygen atoms in total. The van der Waals surface area contributed by atoms with Gasteiger partial charge in [0.25, 0.3) is 0 Å². The van der Waals surface area contributed by atoms with Gasteiger partial charge in [-0.25, -0.2) is 0 Å². The van der Waals surface area contributed by atoms with Gasteiger partial charge >= 0.3 is 0 Å². The van der Waals surface area contributed by atoms with E-state index in [0.717, 1.165) is 22.1 Å². The van der Waals surface area contributed by atoms with Crippen LogP contribution in [0.25, 0.3) is 0 Å². The van der Waals surface area contributed by atoms with Crippen LogP contribution in [0.15, 0.2) is 48.5 Å². The summed E-state index contributed by atoms with van der Waals surface area (Å²) in [5.41, 5.74) is 0. The predicted molar refractivity (Wildman–Crippen MR) is 74.4 cm³/mol. The van der Waals surface area contributed by atoms with Gasteiger partial charge in [0.05, 0.1) is 22.4 Å². The first kappa shape index (κ1) is 12.9. The third-order valence-corrected chi connectivity index (χ3v) is 4.21. The average Bonchev–Trinajstić information content (AvgIpc) is 2.47. The molecule has 0 bridgehead atoms. The van der Waals surface area contributed by atoms with Crippen molar-refractivity contribution in [3.8, 4) is 11.5 Å². The summed E-state index contributed by atoms with van der Waals surface area (Å²) in [6, 6.07) is 14.9. The lowest BCUT2D eigenvalue weighted by atomic mass is 10.3. The SMILES string of the molecule is COc1ccc(P(O)c2ccc(OC)cc2)cc1. The standard InChI is InChI=1S/C14H15O3P/c1-16-11-3-7-13(8-4-11)18(15)14-9-5-12(17-2)6-10-14/h3-10,15H,1-2H3. The largest absolute Gasteiger partial charge is 0.497 e. The second kappa shape index (κ2) is 5.85. The van der Waals surface area contributed by atoms with Crippen molar-refractivity contribution in [1.82, 2.24) is 0 Å². The Morgan fingerprint density at radius 1 is 0.722 bits per heavy atom. The van der Waals surface area contributed by atoms with Crippen LogP contribution in [-0.2, 0) is 0 Å². The van der Waals surface area contributed by atoms with Crippen LogP contribution in [0.5, 0.6) is 11.5 Å². The van der Waals surface area contributed by atoms with Crippen LogP contribution in [0.2, 0.25) is 0 Å². The van der Waals surface area contributed by atoms with Gasteiger partial charge in [-0.2, -0.15) is 0 Å². The second-order valence-electron chi connectivity index (χ2n) is 3.71. The summed E-state index contributed by atoms with van der Waals surface area (Å²) in [4.78, 5) is 10.3. The smallest absolute Gasteiger partial charge is 0.118 e. The summed E-state index contributed by atoms with van der Waals surface area (Å²) in [7, 11) is 1.93. The lowest BCUT2D eigenvalue weighted by Gasteiger charge is -2.12. The van der Waals surface area contributed by atoms with Crippen molar-refractivity contribution in [3.05, 3.63) is 48.5 Å². The van der Waals surface area contributed by atoms with E-state index in [2.05, 4.69) is 0 Å². The molecule has 18 heavy (non-hydrogen) atoms. The fourth-order valence-corrected chi connectivity index (χ4v) is 2.76. The molecule has 2 rings (SSSR count). The molecule has 0 amide bonds. The van der Waals surface area contributed by atoms with Crippen LogP contribution in [0.4, 0.5) is 0 Å². The second-order valence-corrected chi connectivity index (χ2v) is 5.36. The number of benzene rings is 2. The first-order chi connectivity index (χ1) is 8.74. The van der Waals surface area contributed by atoms with Gasteiger partial charge in [0.2, 0.25) is 0 Å². The van der Waals surface area contributed by atoms with Gasteiger partial charge in [0.1, 0.15) is 11.5 Å². The summed E-state index contributed by atoms with van der Waals surface area (Å²) in [5, 5.41) is 1.80. The zero-order valence-electron chi connectivity index (χ0n) is 10.3. The number of rotatable bonds is 4. The summed E-state index contributed by atoms with van der Waals surface area (Å²) in [6.45, 7) is 0. The van der Waals surface area contributed by atoms with Crippen LogP contribution in [-0.4, -0.2) is 19.1 Å². The maximum Gasteiger partial charge on any atom is 0.118 e. The van der Waals surface area contributed by atoms with Crippen LogP contribution < -0.4 is 20.1 Å². The van der Waals surface area contributed by atoms with E-state index in [4.69, 9.17) is 9.47 Å². The van der Waals surface area contributed by atoms with Gasteiger partial charge in [-0.05, 0) is 48.5 Å². The minimum atomic E-state index is -1.32. The molecule has 0 aromatic heterocycles. The summed E-state index contributed by atoms with van der Waals surface area (Å²) in [5.74, 6) is 1.58. The highest BCUT2D eigenvalue weighted by atomic mass is 31.1. The van der Waals surface area contributed by atoms with E-state index in [-0.39, 0.29) is 0 Å². The van der Waals surface area contributed by atoms with Gasteiger partial charge in [-0.3, -0.25) is 0 Å². The van der Waals surface area contributed by atoms with Crippen LogP contribution in [0.1, 0.15) is 0 Å². The Kier molecular flexibility index (Phi) is 4.19. The maximum absolute atomic E-state index is 10.3. The number of hydrogen-bond donors (Lipinski definition) is 1. The van der Waals surface area contributed by atoms with E-state index in [1.54, 1.807) is 14.2 Å². The van der Waals surface area contributed by atoms with E-state index < -0.39 is 8.15 Å². The fraction of sp³-hybridized carbons (Fsp3) is 0.143. The molecule has 94 valence electrons. The Hall–Kier alpha value is -1.57. The topological polar surface area (TPSA) is 38.7 Å². The molecular formula is C14H15O3P. The Balaban J connectivity index is 2.20. The fourth-order valence-electron chi connectivity index (χ4n) is 1.60. The highest BCUT2D eigenvalue weighted by Crippen LogP contribution is 2.29. The monoisotopic (exact) mass is 262 g/mol. The van der Waals surface area contributed by atoms with Gasteiger partial charge in [0.15, 0.2) is 0 Å². The first-order valence-electron chi connectivity index (χ1n) is 5.51. The zero-order chi connectivity index (χ0) is 13.0. The molecule has 0 radical (unpaired) electrons. The normalized spacial score (nSPS) is 10.4. The molecule has 2 aromatic carbocycles. The molecule has 0 fully saturated rings. The number of hydrogen-bond acceptors (Lipinski definition) is 3. The van der Waals surface area contributed by atoms with Crippen molar-refractivity contribution in [1.29, 1.82) is 0 Å². The van der Waals surface area contributed by atoms with Crippen LogP contribution >= 0.6 is 8.15 Å². The van der Waals surface area contributed by atoms with Gasteiger partial charge < -0.3 is 14.4 Å². The molecular weight excluding hydrogens is 247 g/mol. The Morgan fingerprint density at radius 2 is 1.06 bits per heavy atom. The Bertz CT molecular complexity index is 446. The Morgan fingerprint density at radius 3 is 1.33 bits per heavy atom. The lowest BCUT2D eigenvalue weighted by molar-refractivity contribution is 0.415. The summed E-state index contributed by atoms with van der Waals surface area (Å²) in [6.07, 6.45) is 0. The number of ether oxygens (including phenoxy) is 2. The average molecular weight is 262 g/mol. The van der Waals surface area contributed by atoms with E-state index in [1.807, 2.05) is 48.5 Å². The van der Waals surface area contributed by atoms with Crippen molar-refractivity contribution in [2.75, 3.05) is 14.2 Å². The van der Waals surface area contributed by atoms with Crippen molar-refractivity contribution in [3.63, 3.8) is 0 Å². The van der Waals surface area contributed by atoms with Crippen molar-refractivity contribution >= 4 is 18.8 Å². The maximum atomic E-state index is 10.3. The van der Waals surface area contributed by atoms with E-state index >= 15 is 0 Å². The van der Waals surface area contributed by atoms with Crippen LogP contribution in [0.3, 0.4) is 0 Å². The molecule has 0 heterocycles. The minimum Gasteiger partial charge on any atom is -0.497 e. The van der Waals surface area contributed by atoms with Crippen LogP contribution in [0, 0.1) is 0 Å². The molecule has 0 unspecified atom stereocenters. The first-order valence-corrected chi connectivity index (χ1v) is 6.81. The molecule has 1 N–H and O–H groups in total. The van der Waals surface area contributed by atoms with Gasteiger partial charge in [-0.15, -0.1) is 0 Å². The molecule has 0 spiro atoms. The van der Waals surface area contributed by atoms with Crippen molar-refractivity contribution < 1.29 is 14.4 Å². The quantitative estimate of drug-likeness (QED) is 0.857. The third kappa shape index (κ3) is 2.81. The molecule has 2 aromatic rings. The molecule has 0 atom stereocenters. The molecule has 0 saturated carbocycles. The highest BCUT2D eigenvalue weighted by molar-refractivity contribution is 7.67. The van der Waals surface area contributed by atoms with Gasteiger partial charge in [-0.1, -0.05) is 0 Å². The van der Waals surface area contributed by atoms with Gasteiger partial charge in [0, 0.05) is 10.6 Å². The van der Waals surface area contributed by atoms with Crippen molar-refractivity contribution in [2.45, 2.75) is 0 Å². The number of methoxy groups -OCH3 is 2. The summed E-state index contributed by atoms with van der Waals surface area (Å²) < 4.78 is 10.2. The summed E-state index contributed by atoms with van der Waals surface area (Å²) >= 11 is 0. The lowest BCUT2D eigenvalue weighted by Crippen LogP contribution is -2.10. The highest BCUT2D eigenvalue weighted by Gasteiger charge is 2.10. The Labute approximate surface area is 108 Å². The molecule has 0 saturated heterocycles.